The standard InChI is InChI=1S/C18H14O8/c19-13-9-5-1-3-7-11(9)17(23,24)15(13,21)16(22)14(20)10-6-2-4-8-12(10)18(16,25)26/h1-8,21-26H/t15-,16+. The summed E-state index contributed by atoms with van der Waals surface area (Å²) in [5.41, 5.74) is -9.01. The van der Waals surface area contributed by atoms with Gasteiger partial charge in [0.1, 0.15) is 0 Å². The molecule has 0 fully saturated rings. The molecule has 4 rings (SSSR count). The molecule has 0 saturated carbocycles. The highest BCUT2D eigenvalue weighted by Gasteiger charge is 2.82. The molecular weight excluding hydrogens is 344 g/mol. The van der Waals surface area contributed by atoms with E-state index in [1.807, 2.05) is 0 Å². The molecule has 8 nitrogen and oxygen atoms in total. The highest BCUT2D eigenvalue weighted by atomic mass is 16.6. The van der Waals surface area contributed by atoms with Gasteiger partial charge in [-0.3, -0.25) is 9.59 Å². The Balaban J connectivity index is 2.04. The molecule has 26 heavy (non-hydrogen) atoms. The molecule has 2 atom stereocenters. The van der Waals surface area contributed by atoms with E-state index in [-0.39, 0.29) is 11.1 Å². The molecular formula is C18H14O8. The first-order valence-electron chi connectivity index (χ1n) is 7.65. The molecule has 6 N–H and O–H groups in total. The second-order valence-electron chi connectivity index (χ2n) is 6.51. The lowest BCUT2D eigenvalue weighted by Crippen LogP contribution is -2.75. The zero-order valence-corrected chi connectivity index (χ0v) is 13.1. The van der Waals surface area contributed by atoms with Crippen molar-refractivity contribution >= 4 is 11.6 Å². The number of fused-ring (bicyclic) bond motifs is 2. The van der Waals surface area contributed by atoms with Gasteiger partial charge >= 0.3 is 0 Å². The lowest BCUT2D eigenvalue weighted by atomic mass is 9.70. The van der Waals surface area contributed by atoms with Crippen molar-refractivity contribution in [3.8, 4) is 0 Å². The third kappa shape index (κ3) is 1.47. The molecule has 2 aliphatic rings. The Kier molecular flexibility index (Phi) is 3.02. The molecule has 134 valence electrons. The first-order valence-corrected chi connectivity index (χ1v) is 7.65. The van der Waals surface area contributed by atoms with E-state index in [1.54, 1.807) is 0 Å². The van der Waals surface area contributed by atoms with Gasteiger partial charge in [-0.05, 0) is 0 Å². The molecule has 0 bridgehead atoms. The van der Waals surface area contributed by atoms with Crippen LogP contribution in [-0.4, -0.2) is 53.4 Å². The topological polar surface area (TPSA) is 156 Å². The Labute approximate surface area is 146 Å². The van der Waals surface area contributed by atoms with Gasteiger partial charge in [0, 0.05) is 22.3 Å². The minimum absolute atomic E-state index is 0.368. The maximum atomic E-state index is 12.8. The first kappa shape index (κ1) is 17.0. The van der Waals surface area contributed by atoms with Crippen molar-refractivity contribution in [1.29, 1.82) is 0 Å². The van der Waals surface area contributed by atoms with Gasteiger partial charge in [-0.25, -0.2) is 0 Å². The van der Waals surface area contributed by atoms with Gasteiger partial charge < -0.3 is 30.6 Å². The van der Waals surface area contributed by atoms with Crippen molar-refractivity contribution in [1.82, 2.24) is 0 Å². The fourth-order valence-electron chi connectivity index (χ4n) is 3.90. The lowest BCUT2D eigenvalue weighted by Gasteiger charge is -2.46. The number of benzene rings is 2. The minimum atomic E-state index is -3.66. The van der Waals surface area contributed by atoms with E-state index >= 15 is 0 Å². The summed E-state index contributed by atoms with van der Waals surface area (Å²) in [7, 11) is 0. The predicted octanol–water partition coefficient (Wildman–Crippen LogP) is -1.48. The van der Waals surface area contributed by atoms with Gasteiger partial charge in [0.05, 0.1) is 0 Å². The number of hydrogen-bond acceptors (Lipinski definition) is 8. The molecule has 0 amide bonds. The fraction of sp³-hybridized carbons (Fsp3) is 0.222. The monoisotopic (exact) mass is 358 g/mol. The predicted molar refractivity (Wildman–Crippen MR) is 83.7 cm³/mol. The SMILES string of the molecule is O=C1c2ccccc2C(O)(O)[C@@]1(O)[C@]1(O)C(=O)c2ccccc2C1(O)O. The van der Waals surface area contributed by atoms with Crippen molar-refractivity contribution in [3.05, 3.63) is 70.8 Å². The summed E-state index contributed by atoms with van der Waals surface area (Å²) < 4.78 is 0. The van der Waals surface area contributed by atoms with Gasteiger partial charge in [-0.2, -0.15) is 0 Å². The Morgan fingerprint density at radius 2 is 0.846 bits per heavy atom. The van der Waals surface area contributed by atoms with E-state index in [0.717, 1.165) is 24.3 Å². The molecule has 2 aliphatic carbocycles. The van der Waals surface area contributed by atoms with E-state index in [0.29, 0.717) is 0 Å². The third-order valence-corrected chi connectivity index (χ3v) is 5.28. The van der Waals surface area contributed by atoms with Crippen LogP contribution in [0.2, 0.25) is 0 Å². The van der Waals surface area contributed by atoms with E-state index < -0.39 is 45.5 Å². The molecule has 0 saturated heterocycles. The van der Waals surface area contributed by atoms with E-state index in [9.17, 15) is 40.2 Å². The van der Waals surface area contributed by atoms with Crippen LogP contribution in [0.4, 0.5) is 0 Å². The summed E-state index contributed by atoms with van der Waals surface area (Å²) in [5.74, 6) is -9.75. The number of hydrogen-bond donors (Lipinski definition) is 6. The molecule has 0 unspecified atom stereocenters. The molecule has 8 heteroatoms. The number of carbonyl (C=O) groups is 2. The average Bonchev–Trinajstić information content (AvgIpc) is 2.89. The summed E-state index contributed by atoms with van der Waals surface area (Å²) in [5, 5.41) is 64.2. The fourth-order valence-corrected chi connectivity index (χ4v) is 3.90. The number of carbonyl (C=O) groups excluding carboxylic acids is 2. The first-order chi connectivity index (χ1) is 12.0. The van der Waals surface area contributed by atoms with Crippen LogP contribution in [0.3, 0.4) is 0 Å². The van der Waals surface area contributed by atoms with Crippen molar-refractivity contribution in [2.24, 2.45) is 0 Å². The van der Waals surface area contributed by atoms with Crippen molar-refractivity contribution in [2.45, 2.75) is 22.8 Å². The van der Waals surface area contributed by atoms with Gasteiger partial charge in [-0.1, -0.05) is 48.5 Å². The summed E-state index contributed by atoms with van der Waals surface area (Å²) in [6, 6.07) is 9.97. The number of Topliss-reactive ketones (excluding diaryl/α,β-unsaturated/α-hetero) is 2. The number of aliphatic hydroxyl groups is 6. The van der Waals surface area contributed by atoms with Crippen LogP contribution < -0.4 is 0 Å². The molecule has 2 aromatic carbocycles. The normalized spacial score (nSPS) is 31.0. The van der Waals surface area contributed by atoms with Gasteiger partial charge in [0.25, 0.3) is 0 Å². The summed E-state index contributed by atoms with van der Waals surface area (Å²) >= 11 is 0. The van der Waals surface area contributed by atoms with Crippen LogP contribution in [0.15, 0.2) is 48.5 Å². The highest BCUT2D eigenvalue weighted by Crippen LogP contribution is 2.56. The number of ketones is 2. The number of rotatable bonds is 1. The second kappa shape index (κ2) is 4.63. The van der Waals surface area contributed by atoms with Crippen LogP contribution in [0, 0.1) is 0 Å². The van der Waals surface area contributed by atoms with Crippen LogP contribution in [0.25, 0.3) is 0 Å². The average molecular weight is 358 g/mol. The van der Waals surface area contributed by atoms with E-state index in [4.69, 9.17) is 0 Å². The lowest BCUT2D eigenvalue weighted by molar-refractivity contribution is -0.359. The maximum Gasteiger partial charge on any atom is 0.232 e. The van der Waals surface area contributed by atoms with Crippen LogP contribution in [-0.2, 0) is 11.6 Å². The zero-order chi connectivity index (χ0) is 19.1. The summed E-state index contributed by atoms with van der Waals surface area (Å²) in [6.45, 7) is 0. The van der Waals surface area contributed by atoms with E-state index in [1.165, 1.54) is 24.3 Å². The van der Waals surface area contributed by atoms with Crippen molar-refractivity contribution in [3.63, 3.8) is 0 Å². The smallest absolute Gasteiger partial charge is 0.232 e. The molecule has 2 aromatic rings. The molecule has 0 heterocycles. The van der Waals surface area contributed by atoms with Crippen molar-refractivity contribution in [2.75, 3.05) is 0 Å². The van der Waals surface area contributed by atoms with Gasteiger partial charge in [0.15, 0.2) is 0 Å². The zero-order valence-electron chi connectivity index (χ0n) is 13.1. The summed E-state index contributed by atoms with van der Waals surface area (Å²) in [6.07, 6.45) is 0. The molecule has 0 aromatic heterocycles. The second-order valence-corrected chi connectivity index (χ2v) is 6.51. The Morgan fingerprint density at radius 3 is 1.15 bits per heavy atom. The van der Waals surface area contributed by atoms with Crippen LogP contribution >= 0.6 is 0 Å². The highest BCUT2D eigenvalue weighted by molar-refractivity contribution is 6.18. The Morgan fingerprint density at radius 1 is 0.538 bits per heavy atom. The quantitative estimate of drug-likeness (QED) is 0.337. The maximum absolute atomic E-state index is 12.8. The van der Waals surface area contributed by atoms with Gasteiger partial charge in [-0.15, -0.1) is 0 Å². The van der Waals surface area contributed by atoms with Gasteiger partial charge in [0.2, 0.25) is 34.3 Å². The van der Waals surface area contributed by atoms with Crippen molar-refractivity contribution < 1.29 is 40.2 Å². The Hall–Kier alpha value is -2.46. The van der Waals surface area contributed by atoms with Crippen LogP contribution in [0.1, 0.15) is 31.8 Å². The van der Waals surface area contributed by atoms with Crippen LogP contribution in [0.5, 0.6) is 0 Å². The largest absolute Gasteiger partial charge is 0.374 e. The molecule has 0 aliphatic heterocycles. The minimum Gasteiger partial charge on any atom is -0.374 e. The Bertz CT molecular complexity index is 899. The molecule has 0 spiro atoms. The summed E-state index contributed by atoms with van der Waals surface area (Å²) in [4.78, 5) is 25.6. The molecule has 0 radical (unpaired) electrons. The third-order valence-electron chi connectivity index (χ3n) is 5.28. The van der Waals surface area contributed by atoms with E-state index in [2.05, 4.69) is 0 Å².